The van der Waals surface area contributed by atoms with E-state index in [1.54, 1.807) is 0 Å². The van der Waals surface area contributed by atoms with E-state index in [9.17, 15) is 0 Å². The Kier molecular flexibility index (Phi) is 5.31. The molecule has 120 valence electrons. The van der Waals surface area contributed by atoms with Crippen LogP contribution in [-0.4, -0.2) is 34.5 Å². The third-order valence-electron chi connectivity index (χ3n) is 5.50. The van der Waals surface area contributed by atoms with Crippen molar-refractivity contribution in [2.75, 3.05) is 13.6 Å². The van der Waals surface area contributed by atoms with Crippen LogP contribution in [0, 0.1) is 0 Å². The predicted molar refractivity (Wildman–Crippen MR) is 98.6 cm³/mol. The maximum absolute atomic E-state index is 6.90. The lowest BCUT2D eigenvalue weighted by Crippen LogP contribution is -2.72. The smallest absolute Gasteiger partial charge is 0.275 e. The highest BCUT2D eigenvalue weighted by atomic mass is 28.4. The molecule has 1 aromatic rings. The number of rotatable bonds is 5. The van der Waals surface area contributed by atoms with E-state index in [0.29, 0.717) is 0 Å². The van der Waals surface area contributed by atoms with Crippen LogP contribution >= 0.6 is 0 Å². The molecule has 0 saturated heterocycles. The molecule has 0 saturated carbocycles. The Labute approximate surface area is 133 Å². The summed E-state index contributed by atoms with van der Waals surface area (Å²) in [5, 5.41) is 1.70. The van der Waals surface area contributed by atoms with E-state index in [1.165, 1.54) is 5.19 Å². The quantitative estimate of drug-likeness (QED) is 0.572. The molecule has 0 bridgehead atoms. The van der Waals surface area contributed by atoms with Crippen LogP contribution in [0.1, 0.15) is 27.7 Å². The fourth-order valence-electron chi connectivity index (χ4n) is 2.33. The molecule has 21 heavy (non-hydrogen) atoms. The zero-order chi connectivity index (χ0) is 16.5. The molecular weight excluding hydrogens is 290 g/mol. The lowest BCUT2D eigenvalue weighted by molar-refractivity contribution is -0.988. The van der Waals surface area contributed by atoms with Crippen molar-refractivity contribution in [3.05, 3.63) is 30.3 Å². The van der Waals surface area contributed by atoms with Gasteiger partial charge in [0.15, 0.2) is 0 Å². The van der Waals surface area contributed by atoms with Gasteiger partial charge in [-0.25, -0.2) is 4.31 Å². The molecule has 1 rings (SSSR count). The fourth-order valence-corrected chi connectivity index (χ4v) is 7.69. The standard InChI is InChI=1S/C17H34NOSi2/c1-10-18(5,19-21(8,9)17(2,3)4)20(6,7)16-14-12-11-13-15-16/h11-15H,10H2,1-9H3/q+1. The Morgan fingerprint density at radius 3 is 1.86 bits per heavy atom. The first kappa shape index (κ1) is 18.6. The largest absolute Gasteiger partial charge is 0.342 e. The summed E-state index contributed by atoms with van der Waals surface area (Å²) in [4.78, 5) is 0. The third kappa shape index (κ3) is 3.67. The zero-order valence-corrected chi connectivity index (χ0v) is 17.4. The number of nitrogens with zero attached hydrogens (tertiary/aromatic N) is 1. The lowest BCUT2D eigenvalue weighted by Gasteiger charge is -2.50. The summed E-state index contributed by atoms with van der Waals surface area (Å²) in [5.41, 5.74) is 0. The molecule has 0 N–H and O–H groups in total. The van der Waals surface area contributed by atoms with Crippen LogP contribution in [0.2, 0.25) is 31.2 Å². The van der Waals surface area contributed by atoms with E-state index in [1.807, 2.05) is 0 Å². The average molecular weight is 325 g/mol. The lowest BCUT2D eigenvalue weighted by atomic mass is 10.2. The van der Waals surface area contributed by atoms with Gasteiger partial charge >= 0.3 is 8.24 Å². The van der Waals surface area contributed by atoms with Gasteiger partial charge in [-0.2, -0.15) is 0 Å². The molecule has 0 aliphatic heterocycles. The summed E-state index contributed by atoms with van der Waals surface area (Å²) in [7, 11) is -1.28. The van der Waals surface area contributed by atoms with E-state index in [-0.39, 0.29) is 5.04 Å². The van der Waals surface area contributed by atoms with Crippen LogP contribution in [0.25, 0.3) is 0 Å². The van der Waals surface area contributed by atoms with Crippen LogP contribution in [0.4, 0.5) is 0 Å². The molecule has 0 amide bonds. The second-order valence-corrected chi connectivity index (χ2v) is 17.5. The maximum atomic E-state index is 6.90. The minimum absolute atomic E-state index is 0.239. The van der Waals surface area contributed by atoms with Gasteiger partial charge in [0.2, 0.25) is 0 Å². The van der Waals surface area contributed by atoms with E-state index in [4.69, 9.17) is 4.53 Å². The molecule has 0 heterocycles. The van der Waals surface area contributed by atoms with E-state index in [0.717, 1.165) is 10.9 Å². The van der Waals surface area contributed by atoms with Gasteiger partial charge in [0.25, 0.3) is 8.32 Å². The maximum Gasteiger partial charge on any atom is 0.342 e. The Balaban J connectivity index is 3.21. The monoisotopic (exact) mass is 324 g/mol. The van der Waals surface area contributed by atoms with Crippen LogP contribution in [0.5, 0.6) is 0 Å². The summed E-state index contributed by atoms with van der Waals surface area (Å²) in [6, 6.07) is 10.9. The van der Waals surface area contributed by atoms with Crippen LogP contribution in [0.3, 0.4) is 0 Å². The summed E-state index contributed by atoms with van der Waals surface area (Å²) in [5.74, 6) is 0. The van der Waals surface area contributed by atoms with Gasteiger partial charge in [-0.3, -0.25) is 4.53 Å². The van der Waals surface area contributed by atoms with Crippen molar-refractivity contribution >= 4 is 21.7 Å². The van der Waals surface area contributed by atoms with Gasteiger partial charge in [-0.15, -0.1) is 0 Å². The van der Waals surface area contributed by atoms with Gasteiger partial charge in [0.05, 0.1) is 13.6 Å². The van der Waals surface area contributed by atoms with Crippen LogP contribution < -0.4 is 5.19 Å². The first-order valence-electron chi connectivity index (χ1n) is 7.99. The second kappa shape index (κ2) is 5.99. The van der Waals surface area contributed by atoms with Crippen molar-refractivity contribution in [2.24, 2.45) is 0 Å². The van der Waals surface area contributed by atoms with E-state index < -0.39 is 16.6 Å². The summed E-state index contributed by atoms with van der Waals surface area (Å²) >= 11 is 0. The third-order valence-corrected chi connectivity index (χ3v) is 14.7. The summed E-state index contributed by atoms with van der Waals surface area (Å²) < 4.78 is 7.65. The molecule has 1 atom stereocenters. The Morgan fingerprint density at radius 2 is 1.48 bits per heavy atom. The topological polar surface area (TPSA) is 9.23 Å². The predicted octanol–water partition coefficient (Wildman–Crippen LogP) is 4.50. The molecule has 1 aromatic carbocycles. The SMILES string of the molecule is CC[N+](C)(O[Si](C)(C)C(C)(C)C)[Si](C)(C)c1ccccc1. The summed E-state index contributed by atoms with van der Waals surface area (Å²) in [6.07, 6.45) is 0. The fraction of sp³-hybridized carbons (Fsp3) is 0.647. The molecule has 0 aliphatic carbocycles. The van der Waals surface area contributed by atoms with Gasteiger partial charge in [-0.1, -0.05) is 51.1 Å². The number of hydrogen-bond acceptors (Lipinski definition) is 1. The van der Waals surface area contributed by atoms with Gasteiger partial charge in [0.1, 0.15) is 0 Å². The van der Waals surface area contributed by atoms with Gasteiger partial charge < -0.3 is 0 Å². The normalized spacial score (nSPS) is 16.6. The van der Waals surface area contributed by atoms with Crippen molar-refractivity contribution in [2.45, 2.75) is 58.9 Å². The highest BCUT2D eigenvalue weighted by Crippen LogP contribution is 2.39. The highest BCUT2D eigenvalue weighted by molar-refractivity contribution is 6.84. The molecule has 1 unspecified atom stereocenters. The molecule has 0 aliphatic rings. The second-order valence-electron chi connectivity index (χ2n) is 8.19. The summed E-state index contributed by atoms with van der Waals surface area (Å²) in [6.45, 7) is 19.8. The molecule has 0 aromatic heterocycles. The molecule has 0 spiro atoms. The van der Waals surface area contributed by atoms with Gasteiger partial charge in [-0.05, 0) is 38.2 Å². The number of quaternary nitrogens is 1. The molecule has 2 nitrogen and oxygen atoms in total. The average Bonchev–Trinajstić information content (AvgIpc) is 2.37. The Hall–Kier alpha value is -0.426. The number of hydroxylamine groups is 2. The van der Waals surface area contributed by atoms with Gasteiger partial charge in [0, 0.05) is 5.19 Å². The molecule has 4 heteroatoms. The number of hydrogen-bond donors (Lipinski definition) is 0. The van der Waals surface area contributed by atoms with E-state index in [2.05, 4.69) is 91.3 Å². The van der Waals surface area contributed by atoms with Crippen molar-refractivity contribution < 1.29 is 8.84 Å². The zero-order valence-electron chi connectivity index (χ0n) is 15.4. The molecule has 0 radical (unpaired) electrons. The van der Waals surface area contributed by atoms with Crippen LogP contribution in [0.15, 0.2) is 30.3 Å². The Morgan fingerprint density at radius 1 is 1.00 bits per heavy atom. The minimum atomic E-state index is -1.80. The highest BCUT2D eigenvalue weighted by Gasteiger charge is 2.53. The van der Waals surface area contributed by atoms with Crippen molar-refractivity contribution in [3.8, 4) is 0 Å². The van der Waals surface area contributed by atoms with Crippen molar-refractivity contribution in [3.63, 3.8) is 0 Å². The van der Waals surface area contributed by atoms with Crippen LogP contribution in [-0.2, 0) is 4.53 Å². The number of benzene rings is 1. The molecule has 0 fully saturated rings. The molecular formula is C17H34NOSi2+. The first-order valence-corrected chi connectivity index (χ1v) is 13.8. The Bertz CT molecular complexity index is 465. The van der Waals surface area contributed by atoms with Crippen molar-refractivity contribution in [1.29, 1.82) is 0 Å². The van der Waals surface area contributed by atoms with E-state index >= 15 is 0 Å². The first-order chi connectivity index (χ1) is 9.37. The minimum Gasteiger partial charge on any atom is -0.275 e. The van der Waals surface area contributed by atoms with Crippen molar-refractivity contribution in [1.82, 2.24) is 0 Å².